The van der Waals surface area contributed by atoms with Crippen molar-refractivity contribution in [2.75, 3.05) is 32.7 Å². The molecule has 1 spiro atoms. The second kappa shape index (κ2) is 9.12. The first-order valence-electron chi connectivity index (χ1n) is 12.2. The molecule has 5 nitrogen and oxygen atoms in total. The highest BCUT2D eigenvalue weighted by Crippen LogP contribution is 2.48. The Hall–Kier alpha value is -0.950. The summed E-state index contributed by atoms with van der Waals surface area (Å²) in [6.45, 7) is 8.61. The zero-order chi connectivity index (χ0) is 22.1. The summed E-state index contributed by atoms with van der Waals surface area (Å²) in [5, 5.41) is 11.1. The third-order valence-corrected chi connectivity index (χ3v) is 9.86. The second-order valence-electron chi connectivity index (χ2n) is 10.9. The molecule has 0 radical (unpaired) electrons. The Bertz CT molecular complexity index is 826. The van der Waals surface area contributed by atoms with Gasteiger partial charge in [-0.3, -0.25) is 0 Å². The summed E-state index contributed by atoms with van der Waals surface area (Å²) < 4.78 is 28.0. The first-order valence-corrected chi connectivity index (χ1v) is 13.7. The Labute approximate surface area is 188 Å². The zero-order valence-corrected chi connectivity index (χ0v) is 20.2. The van der Waals surface area contributed by atoms with Crippen molar-refractivity contribution in [1.29, 1.82) is 0 Å². The van der Waals surface area contributed by atoms with E-state index in [1.165, 1.54) is 18.4 Å². The van der Waals surface area contributed by atoms with Crippen molar-refractivity contribution in [3.05, 3.63) is 29.8 Å². The van der Waals surface area contributed by atoms with Crippen LogP contribution in [0.2, 0.25) is 0 Å². The molecule has 1 aromatic carbocycles. The number of nitrogens with zero attached hydrogens (tertiary/aromatic N) is 2. The normalized spacial score (nSPS) is 24.8. The van der Waals surface area contributed by atoms with Gasteiger partial charge in [0.1, 0.15) is 0 Å². The lowest BCUT2D eigenvalue weighted by molar-refractivity contribution is -0.0625. The number of β-amino-alcohol motifs (C(OH)–C–C–N with tert-alkyl or cyclic N) is 1. The highest BCUT2D eigenvalue weighted by molar-refractivity contribution is 7.89. The van der Waals surface area contributed by atoms with Crippen LogP contribution >= 0.6 is 0 Å². The van der Waals surface area contributed by atoms with Crippen LogP contribution < -0.4 is 0 Å². The fraction of sp³-hybridized carbons (Fsp3) is 0.760. The van der Waals surface area contributed by atoms with E-state index in [1.807, 2.05) is 12.1 Å². The lowest BCUT2D eigenvalue weighted by Crippen LogP contribution is -2.50. The summed E-state index contributed by atoms with van der Waals surface area (Å²) in [6, 6.07) is 7.47. The molecule has 174 valence electrons. The van der Waals surface area contributed by atoms with Crippen molar-refractivity contribution in [2.45, 2.75) is 82.1 Å². The van der Waals surface area contributed by atoms with E-state index in [4.69, 9.17) is 0 Å². The minimum Gasteiger partial charge on any atom is -0.389 e. The molecule has 4 rings (SSSR count). The second-order valence-corrected chi connectivity index (χ2v) is 12.8. The van der Waals surface area contributed by atoms with Gasteiger partial charge in [-0.05, 0) is 99.9 Å². The van der Waals surface area contributed by atoms with Gasteiger partial charge in [0.15, 0.2) is 0 Å². The minimum atomic E-state index is -3.42. The van der Waals surface area contributed by atoms with Crippen LogP contribution in [0.3, 0.4) is 0 Å². The summed E-state index contributed by atoms with van der Waals surface area (Å²) >= 11 is 0. The van der Waals surface area contributed by atoms with Crippen LogP contribution in [-0.4, -0.2) is 61.1 Å². The topological polar surface area (TPSA) is 60.9 Å². The molecule has 1 aliphatic carbocycles. The summed E-state index contributed by atoms with van der Waals surface area (Å²) in [5.41, 5.74) is 0.858. The molecule has 0 atom stereocenters. The monoisotopic (exact) mass is 448 g/mol. The van der Waals surface area contributed by atoms with E-state index in [1.54, 1.807) is 16.4 Å². The molecule has 1 N–H and O–H groups in total. The van der Waals surface area contributed by atoms with Crippen LogP contribution in [0.15, 0.2) is 29.2 Å². The number of aliphatic hydroxyl groups is 1. The van der Waals surface area contributed by atoms with Crippen LogP contribution in [0, 0.1) is 11.3 Å². The first kappa shape index (κ1) is 23.2. The Morgan fingerprint density at radius 2 is 1.48 bits per heavy atom. The molecule has 3 fully saturated rings. The summed E-state index contributed by atoms with van der Waals surface area (Å²) in [5.74, 6) is 0.559. The van der Waals surface area contributed by atoms with Crippen molar-refractivity contribution in [3.8, 4) is 0 Å². The number of benzene rings is 1. The number of hydrogen-bond acceptors (Lipinski definition) is 4. The molecule has 31 heavy (non-hydrogen) atoms. The average Bonchev–Trinajstić information content (AvgIpc) is 3.24. The van der Waals surface area contributed by atoms with Gasteiger partial charge in [0.05, 0.1) is 10.5 Å². The lowest BCUT2D eigenvalue weighted by Gasteiger charge is -2.48. The Balaban J connectivity index is 1.33. The highest BCUT2D eigenvalue weighted by Gasteiger charge is 2.45. The standard InChI is InChI=1S/C25H40N2O3S/c1-21(2)19-22-5-7-23(8-6-22)31(29,30)27-17-13-24(14-18-27)9-11-25(28,12-10-24)20-26-15-3-4-16-26/h5-8,21,28H,3-4,9-20H2,1-2H3. The van der Waals surface area contributed by atoms with Crippen molar-refractivity contribution >= 4 is 10.0 Å². The molecule has 0 bridgehead atoms. The molecule has 0 aromatic heterocycles. The molecule has 3 aliphatic rings. The molecular weight excluding hydrogens is 408 g/mol. The van der Waals surface area contributed by atoms with Gasteiger partial charge in [0.25, 0.3) is 0 Å². The number of likely N-dealkylation sites (tertiary alicyclic amines) is 1. The van der Waals surface area contributed by atoms with Crippen molar-refractivity contribution in [2.24, 2.45) is 11.3 Å². The minimum absolute atomic E-state index is 0.213. The Morgan fingerprint density at radius 3 is 2.03 bits per heavy atom. The maximum absolute atomic E-state index is 13.2. The van der Waals surface area contributed by atoms with Gasteiger partial charge in [-0.1, -0.05) is 26.0 Å². The highest BCUT2D eigenvalue weighted by atomic mass is 32.2. The van der Waals surface area contributed by atoms with E-state index in [0.29, 0.717) is 23.9 Å². The first-order chi connectivity index (χ1) is 14.7. The van der Waals surface area contributed by atoms with E-state index in [0.717, 1.165) is 64.6 Å². The molecule has 2 heterocycles. The van der Waals surface area contributed by atoms with Crippen LogP contribution in [-0.2, 0) is 16.4 Å². The summed E-state index contributed by atoms with van der Waals surface area (Å²) in [7, 11) is -3.42. The SMILES string of the molecule is CC(C)Cc1ccc(S(=O)(=O)N2CCC3(CC2)CCC(O)(CN2CCCC2)CC3)cc1. The van der Waals surface area contributed by atoms with Crippen molar-refractivity contribution in [3.63, 3.8) is 0 Å². The van der Waals surface area contributed by atoms with E-state index >= 15 is 0 Å². The van der Waals surface area contributed by atoms with Gasteiger partial charge < -0.3 is 10.0 Å². The fourth-order valence-corrected chi connectivity index (χ4v) is 7.32. The fourth-order valence-electron chi connectivity index (χ4n) is 5.88. The summed E-state index contributed by atoms with van der Waals surface area (Å²) in [6.07, 6.45) is 9.06. The van der Waals surface area contributed by atoms with Crippen LogP contribution in [0.1, 0.15) is 70.8 Å². The van der Waals surface area contributed by atoms with Gasteiger partial charge in [0, 0.05) is 19.6 Å². The third kappa shape index (κ3) is 5.35. The van der Waals surface area contributed by atoms with Gasteiger partial charge in [-0.25, -0.2) is 8.42 Å². The lowest BCUT2D eigenvalue weighted by atomic mass is 9.64. The number of hydrogen-bond donors (Lipinski definition) is 1. The van der Waals surface area contributed by atoms with Crippen molar-refractivity contribution in [1.82, 2.24) is 9.21 Å². The largest absolute Gasteiger partial charge is 0.389 e. The van der Waals surface area contributed by atoms with Crippen molar-refractivity contribution < 1.29 is 13.5 Å². The van der Waals surface area contributed by atoms with Gasteiger partial charge in [0.2, 0.25) is 10.0 Å². The van der Waals surface area contributed by atoms with Crippen LogP contribution in [0.25, 0.3) is 0 Å². The number of piperidine rings is 1. The van der Waals surface area contributed by atoms with E-state index < -0.39 is 15.6 Å². The molecule has 0 amide bonds. The summed E-state index contributed by atoms with van der Waals surface area (Å²) in [4.78, 5) is 2.83. The zero-order valence-electron chi connectivity index (χ0n) is 19.4. The predicted octanol–water partition coefficient (Wildman–Crippen LogP) is 4.06. The van der Waals surface area contributed by atoms with E-state index in [2.05, 4.69) is 18.7 Å². The predicted molar refractivity (Wildman–Crippen MR) is 125 cm³/mol. The van der Waals surface area contributed by atoms with E-state index in [-0.39, 0.29) is 5.41 Å². The number of rotatable bonds is 6. The average molecular weight is 449 g/mol. The molecule has 1 saturated carbocycles. The molecule has 2 saturated heterocycles. The number of sulfonamides is 1. The Morgan fingerprint density at radius 1 is 0.903 bits per heavy atom. The van der Waals surface area contributed by atoms with Gasteiger partial charge in [-0.15, -0.1) is 0 Å². The van der Waals surface area contributed by atoms with Crippen LogP contribution in [0.5, 0.6) is 0 Å². The maximum Gasteiger partial charge on any atom is 0.243 e. The maximum atomic E-state index is 13.2. The molecular formula is C25H40N2O3S. The molecule has 6 heteroatoms. The quantitative estimate of drug-likeness (QED) is 0.713. The molecule has 0 unspecified atom stereocenters. The van der Waals surface area contributed by atoms with Gasteiger partial charge >= 0.3 is 0 Å². The third-order valence-electron chi connectivity index (χ3n) is 7.95. The van der Waals surface area contributed by atoms with Gasteiger partial charge in [-0.2, -0.15) is 4.31 Å². The van der Waals surface area contributed by atoms with E-state index in [9.17, 15) is 13.5 Å². The smallest absolute Gasteiger partial charge is 0.243 e. The molecule has 1 aromatic rings. The molecule has 2 aliphatic heterocycles. The van der Waals surface area contributed by atoms with Crippen LogP contribution in [0.4, 0.5) is 0 Å². The Kier molecular flexibility index (Phi) is 6.83.